The summed E-state index contributed by atoms with van der Waals surface area (Å²) in [5, 5.41) is 17.6. The molecule has 186 valence electrons. The van der Waals surface area contributed by atoms with Crippen LogP contribution < -0.4 is 0 Å². The third-order valence-corrected chi connectivity index (χ3v) is 5.91. The first-order chi connectivity index (χ1) is 16.9. The number of carboxylic acid groups (broad SMARTS) is 1. The van der Waals surface area contributed by atoms with Crippen molar-refractivity contribution in [2.45, 2.75) is 25.7 Å². The van der Waals surface area contributed by atoms with E-state index in [1.54, 1.807) is 0 Å². The quantitative estimate of drug-likeness (QED) is 0.384. The second-order valence-corrected chi connectivity index (χ2v) is 8.40. The fraction of sp³-hybridized carbons (Fsp3) is 0.385. The Balaban J connectivity index is 1.36. The molecule has 0 aliphatic heterocycles. The van der Waals surface area contributed by atoms with Crippen LogP contribution in [0.2, 0.25) is 0 Å². The van der Waals surface area contributed by atoms with E-state index in [9.17, 15) is 19.2 Å². The van der Waals surface area contributed by atoms with Gasteiger partial charge in [0.15, 0.2) is 0 Å². The van der Waals surface area contributed by atoms with Gasteiger partial charge in [-0.1, -0.05) is 0 Å². The summed E-state index contributed by atoms with van der Waals surface area (Å²) in [7, 11) is 0. The number of hydrogen-bond acceptors (Lipinski definition) is 8. The number of carboxylic acids is 1. The van der Waals surface area contributed by atoms with E-state index >= 15 is 0 Å². The molecule has 1 saturated carbocycles. The van der Waals surface area contributed by atoms with Crippen LogP contribution in [0.5, 0.6) is 0 Å². The third-order valence-electron chi connectivity index (χ3n) is 5.91. The van der Waals surface area contributed by atoms with Gasteiger partial charge in [0, 0.05) is 0 Å². The Morgan fingerprint density at radius 1 is 0.629 bits per heavy atom. The Bertz CT molecular complexity index is 1020. The molecule has 1 fully saturated rings. The van der Waals surface area contributed by atoms with E-state index in [-0.39, 0.29) is 36.2 Å². The third kappa shape index (κ3) is 7.65. The summed E-state index contributed by atoms with van der Waals surface area (Å²) in [5.41, 5.74) is 1.04. The van der Waals surface area contributed by atoms with Gasteiger partial charge in [-0.25, -0.2) is 19.2 Å². The van der Waals surface area contributed by atoms with Crippen molar-refractivity contribution in [2.24, 2.45) is 11.8 Å². The minimum Gasteiger partial charge on any atom is -0.478 e. The maximum absolute atomic E-state index is 12.3. The van der Waals surface area contributed by atoms with Crippen LogP contribution in [-0.2, 0) is 14.2 Å². The molecule has 0 aromatic heterocycles. The summed E-state index contributed by atoms with van der Waals surface area (Å²) in [6.45, 7) is 0.240. The van der Waals surface area contributed by atoms with E-state index in [1.165, 1.54) is 48.5 Å². The minimum absolute atomic E-state index is 0.0876. The van der Waals surface area contributed by atoms with Crippen LogP contribution in [0.15, 0.2) is 48.5 Å². The summed E-state index contributed by atoms with van der Waals surface area (Å²) in [6.07, 6.45) is 3.38. The molecular weight excluding hydrogens is 456 g/mol. The van der Waals surface area contributed by atoms with Crippen molar-refractivity contribution < 1.29 is 43.6 Å². The zero-order chi connectivity index (χ0) is 25.2. The van der Waals surface area contributed by atoms with Crippen molar-refractivity contribution in [1.82, 2.24) is 0 Å². The molecule has 2 aromatic carbocycles. The molecular formula is C26H28O9. The number of hydrogen-bond donors (Lipinski definition) is 2. The molecule has 0 amide bonds. The van der Waals surface area contributed by atoms with Gasteiger partial charge in [0.1, 0.15) is 6.61 Å². The van der Waals surface area contributed by atoms with Gasteiger partial charge in [-0.3, -0.25) is 0 Å². The predicted molar refractivity (Wildman–Crippen MR) is 123 cm³/mol. The number of aliphatic hydroxyl groups excluding tert-OH is 1. The number of esters is 3. The molecule has 1 aliphatic carbocycles. The molecule has 0 heterocycles. The van der Waals surface area contributed by atoms with Gasteiger partial charge in [-0.15, -0.1) is 0 Å². The first-order valence-electron chi connectivity index (χ1n) is 11.4. The molecule has 1 aliphatic rings. The predicted octanol–water partition coefficient (Wildman–Crippen LogP) is 3.35. The number of ether oxygens (including phenoxy) is 3. The van der Waals surface area contributed by atoms with Crippen molar-refractivity contribution in [2.75, 3.05) is 26.4 Å². The van der Waals surface area contributed by atoms with Gasteiger partial charge in [-0.2, -0.15) is 0 Å². The van der Waals surface area contributed by atoms with Gasteiger partial charge in [0.2, 0.25) is 0 Å². The minimum atomic E-state index is -1.05. The largest absolute Gasteiger partial charge is 0.478 e. The van der Waals surface area contributed by atoms with Crippen LogP contribution in [0.1, 0.15) is 67.1 Å². The normalized spacial score (nSPS) is 17.3. The highest BCUT2D eigenvalue weighted by molar-refractivity contribution is 5.93. The SMILES string of the molecule is O=C(O)c1ccc(C(=O)OCC2CCC(COC(=O)c3ccc(C(=O)OCCO)cc3)CC2)cc1. The van der Waals surface area contributed by atoms with Crippen LogP contribution in [0.25, 0.3) is 0 Å². The summed E-state index contributed by atoms with van der Waals surface area (Å²) in [6, 6.07) is 11.6. The highest BCUT2D eigenvalue weighted by atomic mass is 16.5. The van der Waals surface area contributed by atoms with E-state index in [2.05, 4.69) is 0 Å². The smallest absolute Gasteiger partial charge is 0.338 e. The van der Waals surface area contributed by atoms with Gasteiger partial charge >= 0.3 is 23.9 Å². The zero-order valence-corrected chi connectivity index (χ0v) is 19.2. The Hall–Kier alpha value is -3.72. The van der Waals surface area contributed by atoms with Crippen molar-refractivity contribution in [3.05, 3.63) is 70.8 Å². The lowest BCUT2D eigenvalue weighted by atomic mass is 9.83. The lowest BCUT2D eigenvalue weighted by Crippen LogP contribution is -2.24. The summed E-state index contributed by atoms with van der Waals surface area (Å²) in [4.78, 5) is 47.1. The van der Waals surface area contributed by atoms with Gasteiger partial charge < -0.3 is 24.4 Å². The molecule has 2 aromatic rings. The zero-order valence-electron chi connectivity index (χ0n) is 19.2. The number of rotatable bonds is 10. The Morgan fingerprint density at radius 3 is 1.31 bits per heavy atom. The number of carbonyl (C=O) groups excluding carboxylic acids is 3. The fourth-order valence-electron chi connectivity index (χ4n) is 3.83. The molecule has 0 bridgehead atoms. The van der Waals surface area contributed by atoms with E-state index in [4.69, 9.17) is 24.4 Å². The molecule has 9 heteroatoms. The second-order valence-electron chi connectivity index (χ2n) is 8.40. The standard InChI is InChI=1S/C26H28O9/c27-13-14-33-24(30)20-9-11-22(12-10-20)26(32)35-16-18-3-1-17(2-4-18)15-34-25(31)21-7-5-19(6-8-21)23(28)29/h5-12,17-18,27H,1-4,13-16H2,(H,28,29). The Morgan fingerprint density at radius 2 is 0.971 bits per heavy atom. The van der Waals surface area contributed by atoms with E-state index in [1.807, 2.05) is 0 Å². The van der Waals surface area contributed by atoms with Crippen molar-refractivity contribution in [1.29, 1.82) is 0 Å². The molecule has 0 unspecified atom stereocenters. The molecule has 2 N–H and O–H groups in total. The second kappa shape index (κ2) is 12.7. The molecule has 0 atom stereocenters. The van der Waals surface area contributed by atoms with Crippen molar-refractivity contribution in [3.8, 4) is 0 Å². The molecule has 35 heavy (non-hydrogen) atoms. The molecule has 0 radical (unpaired) electrons. The number of benzene rings is 2. The Labute approximate surface area is 202 Å². The summed E-state index contributed by atoms with van der Waals surface area (Å²) >= 11 is 0. The fourth-order valence-corrected chi connectivity index (χ4v) is 3.83. The average molecular weight is 485 g/mol. The maximum atomic E-state index is 12.3. The van der Waals surface area contributed by atoms with Crippen LogP contribution in [0.4, 0.5) is 0 Å². The number of aliphatic hydroxyl groups is 1. The average Bonchev–Trinajstić information content (AvgIpc) is 2.89. The van der Waals surface area contributed by atoms with Crippen molar-refractivity contribution >= 4 is 23.9 Å². The van der Waals surface area contributed by atoms with Crippen LogP contribution >= 0.6 is 0 Å². The molecule has 3 rings (SSSR count). The molecule has 0 saturated heterocycles. The van der Waals surface area contributed by atoms with Gasteiger partial charge in [0.25, 0.3) is 0 Å². The number of carbonyl (C=O) groups is 4. The molecule has 9 nitrogen and oxygen atoms in total. The first kappa shape index (κ1) is 25.9. The monoisotopic (exact) mass is 484 g/mol. The first-order valence-corrected chi connectivity index (χ1v) is 11.4. The van der Waals surface area contributed by atoms with E-state index in [0.29, 0.717) is 24.3 Å². The highest BCUT2D eigenvalue weighted by Gasteiger charge is 2.24. The lowest BCUT2D eigenvalue weighted by molar-refractivity contribution is 0.0297. The van der Waals surface area contributed by atoms with Gasteiger partial charge in [-0.05, 0) is 86.1 Å². The maximum Gasteiger partial charge on any atom is 0.338 e. The summed E-state index contributed by atoms with van der Waals surface area (Å²) < 4.78 is 15.7. The van der Waals surface area contributed by atoms with E-state index < -0.39 is 23.9 Å². The number of aromatic carboxylic acids is 1. The van der Waals surface area contributed by atoms with Gasteiger partial charge in [0.05, 0.1) is 42.1 Å². The van der Waals surface area contributed by atoms with Crippen LogP contribution in [0.3, 0.4) is 0 Å². The Kier molecular flexibility index (Phi) is 9.37. The summed E-state index contributed by atoms with van der Waals surface area (Å²) in [5.74, 6) is -2.12. The van der Waals surface area contributed by atoms with E-state index in [0.717, 1.165) is 25.7 Å². The topological polar surface area (TPSA) is 136 Å². The lowest BCUT2D eigenvalue weighted by Gasteiger charge is -2.27. The van der Waals surface area contributed by atoms with Crippen LogP contribution in [-0.4, -0.2) is 60.5 Å². The van der Waals surface area contributed by atoms with Crippen molar-refractivity contribution in [3.63, 3.8) is 0 Å². The van der Waals surface area contributed by atoms with Crippen LogP contribution in [0, 0.1) is 11.8 Å². The molecule has 0 spiro atoms. The highest BCUT2D eigenvalue weighted by Crippen LogP contribution is 2.29.